The Morgan fingerprint density at radius 2 is 1.88 bits per heavy atom. The Hall–Kier alpha value is -2.91. The number of nitriles is 1. The van der Waals surface area contributed by atoms with Crippen molar-refractivity contribution in [3.05, 3.63) is 59.9 Å². The summed E-state index contributed by atoms with van der Waals surface area (Å²) in [6.07, 6.45) is 0.385. The second kappa shape index (κ2) is 8.45. The van der Waals surface area contributed by atoms with E-state index in [1.165, 1.54) is 6.07 Å². The summed E-state index contributed by atoms with van der Waals surface area (Å²) in [6, 6.07) is 15.7. The van der Waals surface area contributed by atoms with Crippen molar-refractivity contribution in [3.8, 4) is 6.07 Å². The molecule has 1 amide bonds. The molecule has 0 aromatic heterocycles. The number of halogens is 1. The largest absolute Gasteiger partial charge is 0.367 e. The minimum atomic E-state index is -0.195. The molecule has 1 fully saturated rings. The lowest BCUT2D eigenvalue weighted by molar-refractivity contribution is -0.116. The van der Waals surface area contributed by atoms with E-state index in [4.69, 9.17) is 5.26 Å². The number of nitrogens with zero attached hydrogens (tertiary/aromatic N) is 3. The van der Waals surface area contributed by atoms with E-state index in [1.807, 2.05) is 11.0 Å². The number of rotatable bonds is 5. The third-order valence-corrected chi connectivity index (χ3v) is 4.50. The van der Waals surface area contributed by atoms with Gasteiger partial charge in [0.25, 0.3) is 0 Å². The van der Waals surface area contributed by atoms with Crippen molar-refractivity contribution < 1.29 is 9.18 Å². The topological polar surface area (TPSA) is 59.4 Å². The van der Waals surface area contributed by atoms with Gasteiger partial charge in [-0.3, -0.25) is 9.69 Å². The fourth-order valence-electron chi connectivity index (χ4n) is 3.07. The lowest BCUT2D eigenvalue weighted by Crippen LogP contribution is -2.47. The Bertz CT molecular complexity index is 809. The van der Waals surface area contributed by atoms with Gasteiger partial charge in [0.1, 0.15) is 5.82 Å². The molecule has 26 heavy (non-hydrogen) atoms. The first-order valence-electron chi connectivity index (χ1n) is 8.67. The molecule has 1 heterocycles. The average Bonchev–Trinajstić information content (AvgIpc) is 2.67. The van der Waals surface area contributed by atoms with Crippen molar-refractivity contribution in [1.29, 1.82) is 5.26 Å². The molecule has 6 heteroatoms. The SMILES string of the molecule is N#Cc1cccc(NC(=O)CCN2CCN(c3ccccc3F)CC2)c1. The van der Waals surface area contributed by atoms with Gasteiger partial charge in [0.2, 0.25) is 5.91 Å². The number of benzene rings is 2. The van der Waals surface area contributed by atoms with Crippen LogP contribution in [-0.2, 0) is 4.79 Å². The number of para-hydroxylation sites is 1. The van der Waals surface area contributed by atoms with Gasteiger partial charge in [0.05, 0.1) is 17.3 Å². The van der Waals surface area contributed by atoms with Crippen molar-refractivity contribution in [2.24, 2.45) is 0 Å². The minimum Gasteiger partial charge on any atom is -0.367 e. The normalized spacial score (nSPS) is 14.7. The predicted molar refractivity (Wildman–Crippen MR) is 99.5 cm³/mol. The van der Waals surface area contributed by atoms with Crippen LogP contribution in [0.1, 0.15) is 12.0 Å². The molecular formula is C20H21FN4O. The van der Waals surface area contributed by atoms with Gasteiger partial charge in [-0.1, -0.05) is 18.2 Å². The maximum Gasteiger partial charge on any atom is 0.225 e. The van der Waals surface area contributed by atoms with Crippen LogP contribution < -0.4 is 10.2 Å². The van der Waals surface area contributed by atoms with Gasteiger partial charge in [-0.15, -0.1) is 0 Å². The first kappa shape index (κ1) is 17.9. The van der Waals surface area contributed by atoms with Gasteiger partial charge >= 0.3 is 0 Å². The van der Waals surface area contributed by atoms with Crippen molar-refractivity contribution in [1.82, 2.24) is 4.90 Å². The van der Waals surface area contributed by atoms with Crippen LogP contribution in [0.4, 0.5) is 15.8 Å². The second-order valence-corrected chi connectivity index (χ2v) is 6.27. The molecule has 0 saturated carbocycles. The van der Waals surface area contributed by atoms with E-state index < -0.39 is 0 Å². The van der Waals surface area contributed by atoms with Crippen LogP contribution in [0, 0.1) is 17.1 Å². The van der Waals surface area contributed by atoms with Gasteiger partial charge in [0, 0.05) is 44.8 Å². The molecule has 0 aliphatic carbocycles. The molecule has 0 radical (unpaired) electrons. The zero-order valence-corrected chi connectivity index (χ0v) is 14.5. The number of carbonyl (C=O) groups excluding carboxylic acids is 1. The highest BCUT2D eigenvalue weighted by atomic mass is 19.1. The highest BCUT2D eigenvalue weighted by Gasteiger charge is 2.19. The molecule has 0 bridgehead atoms. The highest BCUT2D eigenvalue weighted by molar-refractivity contribution is 5.90. The number of anilines is 2. The summed E-state index contributed by atoms with van der Waals surface area (Å²) in [7, 11) is 0. The summed E-state index contributed by atoms with van der Waals surface area (Å²) < 4.78 is 13.9. The summed E-state index contributed by atoms with van der Waals surface area (Å²) in [4.78, 5) is 16.4. The van der Waals surface area contributed by atoms with Gasteiger partial charge in [0.15, 0.2) is 0 Å². The van der Waals surface area contributed by atoms with Crippen molar-refractivity contribution in [2.75, 3.05) is 42.9 Å². The van der Waals surface area contributed by atoms with E-state index in [9.17, 15) is 9.18 Å². The maximum atomic E-state index is 13.9. The van der Waals surface area contributed by atoms with Crippen LogP contribution >= 0.6 is 0 Å². The van der Waals surface area contributed by atoms with E-state index >= 15 is 0 Å². The van der Waals surface area contributed by atoms with E-state index in [-0.39, 0.29) is 11.7 Å². The highest BCUT2D eigenvalue weighted by Crippen LogP contribution is 2.20. The molecule has 3 rings (SSSR count). The molecule has 0 atom stereocenters. The molecule has 0 unspecified atom stereocenters. The third-order valence-electron chi connectivity index (χ3n) is 4.50. The van der Waals surface area contributed by atoms with E-state index in [0.717, 1.165) is 26.2 Å². The quantitative estimate of drug-likeness (QED) is 0.899. The monoisotopic (exact) mass is 352 g/mol. The number of hydrogen-bond donors (Lipinski definition) is 1. The average molecular weight is 352 g/mol. The van der Waals surface area contributed by atoms with Crippen LogP contribution in [-0.4, -0.2) is 43.5 Å². The predicted octanol–water partition coefficient (Wildman–Crippen LogP) is 2.85. The van der Waals surface area contributed by atoms with Gasteiger partial charge in [-0.25, -0.2) is 4.39 Å². The summed E-state index contributed by atoms with van der Waals surface area (Å²) in [6.45, 7) is 3.74. The standard InChI is InChI=1S/C20H21FN4O/c21-18-6-1-2-7-19(18)25-12-10-24(11-13-25)9-8-20(26)23-17-5-3-4-16(14-17)15-22/h1-7,14H,8-13H2,(H,23,26). The number of hydrogen-bond acceptors (Lipinski definition) is 4. The Morgan fingerprint density at radius 3 is 2.62 bits per heavy atom. The van der Waals surface area contributed by atoms with Gasteiger partial charge < -0.3 is 10.2 Å². The van der Waals surface area contributed by atoms with Crippen LogP contribution in [0.15, 0.2) is 48.5 Å². The Kier molecular flexibility index (Phi) is 5.82. The number of carbonyl (C=O) groups is 1. The molecule has 5 nitrogen and oxygen atoms in total. The second-order valence-electron chi connectivity index (χ2n) is 6.27. The summed E-state index contributed by atoms with van der Waals surface area (Å²) >= 11 is 0. The number of nitrogens with one attached hydrogen (secondary N) is 1. The first-order chi connectivity index (χ1) is 12.7. The molecule has 1 aliphatic heterocycles. The maximum absolute atomic E-state index is 13.9. The smallest absolute Gasteiger partial charge is 0.225 e. The van der Waals surface area contributed by atoms with E-state index in [0.29, 0.717) is 29.9 Å². The van der Waals surface area contributed by atoms with Crippen LogP contribution in [0.3, 0.4) is 0 Å². The van der Waals surface area contributed by atoms with E-state index in [2.05, 4.69) is 16.3 Å². The van der Waals surface area contributed by atoms with Crippen LogP contribution in [0.2, 0.25) is 0 Å². The molecule has 2 aromatic carbocycles. The minimum absolute atomic E-state index is 0.0726. The third kappa shape index (κ3) is 4.58. The van der Waals surface area contributed by atoms with E-state index in [1.54, 1.807) is 36.4 Å². The number of piperazine rings is 1. The summed E-state index contributed by atoms with van der Waals surface area (Å²) in [5.74, 6) is -0.267. The van der Waals surface area contributed by atoms with Crippen LogP contribution in [0.25, 0.3) is 0 Å². The molecule has 134 valence electrons. The van der Waals surface area contributed by atoms with Crippen LogP contribution in [0.5, 0.6) is 0 Å². The molecule has 2 aromatic rings. The lowest BCUT2D eigenvalue weighted by atomic mass is 10.2. The van der Waals surface area contributed by atoms with Gasteiger partial charge in [-0.05, 0) is 30.3 Å². The summed E-state index contributed by atoms with van der Waals surface area (Å²) in [5.41, 5.74) is 1.80. The molecule has 1 N–H and O–H groups in total. The fourth-order valence-corrected chi connectivity index (χ4v) is 3.07. The Morgan fingerprint density at radius 1 is 1.12 bits per heavy atom. The molecule has 0 spiro atoms. The first-order valence-corrected chi connectivity index (χ1v) is 8.67. The van der Waals surface area contributed by atoms with Crippen molar-refractivity contribution in [3.63, 3.8) is 0 Å². The lowest BCUT2D eigenvalue weighted by Gasteiger charge is -2.36. The zero-order chi connectivity index (χ0) is 18.4. The molecule has 1 saturated heterocycles. The Balaban J connectivity index is 1.44. The van der Waals surface area contributed by atoms with Gasteiger partial charge in [-0.2, -0.15) is 5.26 Å². The van der Waals surface area contributed by atoms with Crippen molar-refractivity contribution >= 4 is 17.3 Å². The molecule has 1 aliphatic rings. The zero-order valence-electron chi connectivity index (χ0n) is 14.5. The molecular weight excluding hydrogens is 331 g/mol. The Labute approximate surface area is 152 Å². The fraction of sp³-hybridized carbons (Fsp3) is 0.300. The number of amides is 1. The van der Waals surface area contributed by atoms with Crippen molar-refractivity contribution in [2.45, 2.75) is 6.42 Å². The summed E-state index contributed by atoms with van der Waals surface area (Å²) in [5, 5.41) is 11.7.